The fraction of sp³-hybridized carbons (Fsp3) is 0.510. The molecule has 364 valence electrons. The maximum Gasteiger partial charge on any atom is 0.302 e. The van der Waals surface area contributed by atoms with Crippen molar-refractivity contribution in [3.8, 4) is 34.5 Å². The lowest BCUT2D eigenvalue weighted by Crippen LogP contribution is -2.46. The Hall–Kier alpha value is -5.76. The Balaban J connectivity index is 1.55. The third-order valence-corrected chi connectivity index (χ3v) is 12.8. The molecule has 0 saturated heterocycles. The number of anilines is 1. The number of likely N-dealkylation sites (N-methyl/N-ethyl adjacent to an activating group) is 1. The minimum Gasteiger partial charge on any atom is -0.507 e. The van der Waals surface area contributed by atoms with Crippen LogP contribution in [-0.4, -0.2) is 125 Å². The second-order valence-corrected chi connectivity index (χ2v) is 18.0. The van der Waals surface area contributed by atoms with Crippen molar-refractivity contribution in [2.45, 2.75) is 91.7 Å². The molecule has 4 bridgehead atoms. The summed E-state index contributed by atoms with van der Waals surface area (Å²) in [6.45, 7) is 14.2. The van der Waals surface area contributed by atoms with Crippen LogP contribution in [0.2, 0.25) is 0 Å². The highest BCUT2D eigenvalue weighted by Crippen LogP contribution is 2.55. The highest BCUT2D eigenvalue weighted by atomic mass is 16.7. The standard InChI is InChI=1S/C49H63N3O15/c1-23-13-12-14-24(2)48(60)51-39-43(58)35-34(38-46(39)66-33-22-30(21-31(54)37(33)50-38)63-20-19-62-18-16-52(9)10)36-45(28(6)42(35)57)67-49(8,47(36)59)64-17-15-32(61-11)25(3)44(65-29(7)53)27(5)41(56)26(4)40(23)55/h12-15,17,21-23,25-27,32,40-41,44,47,54-57,59H,16,18-20H2,1-11H3,(H,51,60)/b13-12+,17-15+,24-14-/t23-,25+,26+,27+,32-,40-,41+,44+,47?,49-/m0/s1. The fourth-order valence-corrected chi connectivity index (χ4v) is 8.67. The SMILES string of the molecule is CO[C@H]1/C=C/O[C@@]2(C)Oc3c(C)c(O)c4c(=O)c(c5oc6cc(OCCOCCN(C)C)cc(O)c6nc-5c4c3C2O)NC(=O)/C(C)=C\C=C\[C@H](C)[C@H](O)[C@@H](C)[C@@H](O)[C@@H](C)[C@H](OC(C)=O)[C@@H]1C. The molecule has 0 aromatic heterocycles. The molecule has 1 amide bonds. The van der Waals surface area contributed by atoms with E-state index in [1.54, 1.807) is 39.8 Å². The number of benzene rings is 3. The monoisotopic (exact) mass is 933 g/mol. The number of hydrogen-bond donors (Lipinski definition) is 6. The molecule has 0 spiro atoms. The zero-order chi connectivity index (χ0) is 49.2. The summed E-state index contributed by atoms with van der Waals surface area (Å²) in [6.07, 6.45) is 1.87. The Bertz CT molecular complexity index is 2600. The Morgan fingerprint density at radius 3 is 2.34 bits per heavy atom. The molecule has 10 atom stereocenters. The fourth-order valence-electron chi connectivity index (χ4n) is 8.67. The number of ether oxygens (including phenoxy) is 6. The summed E-state index contributed by atoms with van der Waals surface area (Å²) in [5.41, 5.74) is -1.31. The van der Waals surface area contributed by atoms with Gasteiger partial charge in [-0.25, -0.2) is 4.98 Å². The lowest BCUT2D eigenvalue weighted by atomic mass is 9.78. The zero-order valence-corrected chi connectivity index (χ0v) is 39.8. The van der Waals surface area contributed by atoms with Gasteiger partial charge in [-0.3, -0.25) is 14.4 Å². The van der Waals surface area contributed by atoms with Crippen LogP contribution in [-0.2, 0) is 28.5 Å². The third kappa shape index (κ3) is 10.2. The largest absolute Gasteiger partial charge is 0.507 e. The summed E-state index contributed by atoms with van der Waals surface area (Å²) < 4.78 is 41.9. The number of aliphatic hydroxyl groups is 3. The normalized spacial score (nSPS) is 29.1. The van der Waals surface area contributed by atoms with Crippen LogP contribution in [0.5, 0.6) is 23.0 Å². The van der Waals surface area contributed by atoms with Crippen molar-refractivity contribution in [3.05, 3.63) is 69.6 Å². The van der Waals surface area contributed by atoms with Gasteiger partial charge in [0.15, 0.2) is 17.4 Å². The molecule has 4 aliphatic rings. The van der Waals surface area contributed by atoms with E-state index in [0.717, 1.165) is 0 Å². The van der Waals surface area contributed by atoms with Gasteiger partial charge >= 0.3 is 5.97 Å². The number of aromatic nitrogens is 1. The summed E-state index contributed by atoms with van der Waals surface area (Å²) in [5, 5.41) is 60.7. The van der Waals surface area contributed by atoms with E-state index in [9.17, 15) is 39.9 Å². The predicted molar refractivity (Wildman–Crippen MR) is 248 cm³/mol. The van der Waals surface area contributed by atoms with E-state index in [0.29, 0.717) is 13.2 Å². The topological polar surface area (TPSA) is 249 Å². The number of allylic oxidation sites excluding steroid dienone is 2. The van der Waals surface area contributed by atoms with Gasteiger partial charge in [0.2, 0.25) is 5.43 Å². The average molecular weight is 934 g/mol. The van der Waals surface area contributed by atoms with Gasteiger partial charge in [-0.05, 0) is 34.0 Å². The molecule has 2 aromatic carbocycles. The number of amides is 1. The molecule has 6 rings (SSSR count). The highest BCUT2D eigenvalue weighted by Gasteiger charge is 2.50. The summed E-state index contributed by atoms with van der Waals surface area (Å²) in [4.78, 5) is 47.9. The Kier molecular flexibility index (Phi) is 15.6. The number of carbonyl (C=O) groups excluding carboxylic acids is 2. The van der Waals surface area contributed by atoms with Gasteiger partial charge in [-0.2, -0.15) is 0 Å². The molecule has 18 nitrogen and oxygen atoms in total. The van der Waals surface area contributed by atoms with Crippen molar-refractivity contribution < 1.29 is 68.0 Å². The molecule has 1 unspecified atom stereocenters. The first-order chi connectivity index (χ1) is 31.6. The number of carbonyl (C=O) groups is 2. The minimum absolute atomic E-state index is 0.00688. The number of methoxy groups -OCH3 is 1. The van der Waals surface area contributed by atoms with Crippen LogP contribution in [0.3, 0.4) is 0 Å². The van der Waals surface area contributed by atoms with Crippen molar-refractivity contribution in [2.24, 2.45) is 23.7 Å². The van der Waals surface area contributed by atoms with Crippen molar-refractivity contribution in [1.82, 2.24) is 9.88 Å². The third-order valence-electron chi connectivity index (χ3n) is 12.8. The van der Waals surface area contributed by atoms with E-state index in [4.69, 9.17) is 37.8 Å². The first kappa shape index (κ1) is 50.6. The molecule has 3 heterocycles. The molecule has 18 heteroatoms. The maximum atomic E-state index is 14.8. The van der Waals surface area contributed by atoms with E-state index in [-0.39, 0.29) is 80.5 Å². The molecule has 67 heavy (non-hydrogen) atoms. The van der Waals surface area contributed by atoms with Gasteiger partial charge in [0.25, 0.3) is 11.7 Å². The van der Waals surface area contributed by atoms with Gasteiger partial charge < -0.3 is 68.6 Å². The van der Waals surface area contributed by atoms with Crippen molar-refractivity contribution in [2.75, 3.05) is 52.9 Å². The van der Waals surface area contributed by atoms with Gasteiger partial charge in [0, 0.05) is 85.4 Å². The predicted octanol–water partition coefficient (Wildman–Crippen LogP) is 5.46. The smallest absolute Gasteiger partial charge is 0.302 e. The van der Waals surface area contributed by atoms with Crippen LogP contribution in [0.1, 0.15) is 65.7 Å². The van der Waals surface area contributed by atoms with Crippen LogP contribution in [0.4, 0.5) is 5.69 Å². The molecular formula is C49H63N3O15. The number of hydrogen-bond acceptors (Lipinski definition) is 17. The van der Waals surface area contributed by atoms with Gasteiger partial charge in [0.05, 0.1) is 43.2 Å². The molecule has 0 fully saturated rings. The van der Waals surface area contributed by atoms with Crippen LogP contribution < -0.4 is 20.2 Å². The summed E-state index contributed by atoms with van der Waals surface area (Å²) >= 11 is 0. The van der Waals surface area contributed by atoms with Gasteiger partial charge in [-0.15, -0.1) is 0 Å². The maximum absolute atomic E-state index is 14.8. The lowest BCUT2D eigenvalue weighted by Gasteiger charge is -2.38. The van der Waals surface area contributed by atoms with E-state index in [2.05, 4.69) is 5.32 Å². The van der Waals surface area contributed by atoms with Crippen molar-refractivity contribution >= 4 is 39.4 Å². The summed E-state index contributed by atoms with van der Waals surface area (Å²) in [6, 6.07) is 2.79. The van der Waals surface area contributed by atoms with Crippen molar-refractivity contribution in [3.63, 3.8) is 0 Å². The summed E-state index contributed by atoms with van der Waals surface area (Å²) in [7, 11) is 5.30. The minimum atomic E-state index is -1.91. The number of aliphatic hydroxyl groups excluding tert-OH is 3. The molecular weight excluding hydrogens is 871 g/mol. The summed E-state index contributed by atoms with van der Waals surface area (Å²) in [5.74, 6) is -6.76. The Morgan fingerprint density at radius 1 is 0.955 bits per heavy atom. The van der Waals surface area contributed by atoms with Crippen LogP contribution in [0, 0.1) is 30.6 Å². The van der Waals surface area contributed by atoms with Crippen LogP contribution in [0.25, 0.3) is 33.3 Å². The highest BCUT2D eigenvalue weighted by molar-refractivity contribution is 6.12. The van der Waals surface area contributed by atoms with E-state index >= 15 is 0 Å². The number of nitrogens with zero attached hydrogens (tertiary/aromatic N) is 2. The van der Waals surface area contributed by atoms with E-state index in [1.165, 1.54) is 65.4 Å². The Labute approximate surface area is 388 Å². The number of nitrogens with one attached hydrogen (secondary N) is 1. The number of esters is 1. The number of fused-ring (bicyclic) bond motifs is 2. The van der Waals surface area contributed by atoms with Gasteiger partial charge in [-0.1, -0.05) is 45.9 Å². The van der Waals surface area contributed by atoms with E-state index < -0.39 is 88.7 Å². The number of rotatable bonds is 9. The molecule has 0 saturated carbocycles. The number of aromatic hydroxyl groups is 2. The molecule has 0 radical (unpaired) electrons. The number of phenolic OH excluding ortho intramolecular Hbond substituents is 2. The Morgan fingerprint density at radius 2 is 1.67 bits per heavy atom. The van der Waals surface area contributed by atoms with Gasteiger partial charge in [0.1, 0.15) is 52.6 Å². The second kappa shape index (κ2) is 20.6. The second-order valence-electron chi connectivity index (χ2n) is 18.0. The van der Waals surface area contributed by atoms with Crippen molar-refractivity contribution in [1.29, 1.82) is 0 Å². The molecule has 1 aliphatic carbocycles. The number of phenols is 2. The van der Waals surface area contributed by atoms with E-state index in [1.807, 2.05) is 19.0 Å². The molecule has 3 aliphatic heterocycles. The van der Waals surface area contributed by atoms with Crippen LogP contribution >= 0.6 is 0 Å². The first-order valence-electron chi connectivity index (χ1n) is 22.2. The average Bonchev–Trinajstić information content (AvgIpc) is 3.54. The lowest BCUT2D eigenvalue weighted by molar-refractivity contribution is -0.181. The van der Waals surface area contributed by atoms with Crippen LogP contribution in [0.15, 0.2) is 57.5 Å². The quantitative estimate of drug-likeness (QED) is 0.0528. The first-order valence-corrected chi connectivity index (χ1v) is 22.2. The molecule has 2 aromatic rings. The molecule has 6 N–H and O–H groups in total. The zero-order valence-electron chi connectivity index (χ0n) is 39.8.